The van der Waals surface area contributed by atoms with Crippen molar-refractivity contribution in [2.24, 2.45) is 7.05 Å². The Balaban J connectivity index is 1.40. The summed E-state index contributed by atoms with van der Waals surface area (Å²) in [6, 6.07) is 20.8. The first kappa shape index (κ1) is 19.1. The molecule has 0 spiro atoms. The fourth-order valence-corrected chi connectivity index (χ4v) is 4.25. The van der Waals surface area contributed by atoms with Crippen LogP contribution in [0.2, 0.25) is 0 Å². The van der Waals surface area contributed by atoms with Gasteiger partial charge in [0.05, 0.1) is 11.4 Å². The summed E-state index contributed by atoms with van der Waals surface area (Å²) in [5.41, 5.74) is 5.18. The lowest BCUT2D eigenvalue weighted by Gasteiger charge is -2.19. The molecule has 7 nitrogen and oxygen atoms in total. The molecule has 2 aromatic heterocycles. The lowest BCUT2D eigenvalue weighted by atomic mass is 10.0. The summed E-state index contributed by atoms with van der Waals surface area (Å²) in [6.07, 6.45) is 1.45. The second-order valence-corrected chi connectivity index (χ2v) is 7.73. The summed E-state index contributed by atoms with van der Waals surface area (Å²) in [6.45, 7) is 1.16. The predicted molar refractivity (Wildman–Crippen MR) is 118 cm³/mol. The summed E-state index contributed by atoms with van der Waals surface area (Å²) in [7, 11) is 1.96. The quantitative estimate of drug-likeness (QED) is 0.561. The maximum atomic E-state index is 13.2. The maximum Gasteiger partial charge on any atom is 0.271 e. The van der Waals surface area contributed by atoms with Crippen LogP contribution in [0.25, 0.3) is 16.9 Å². The molecule has 0 bridgehead atoms. The highest BCUT2D eigenvalue weighted by Gasteiger charge is 2.26. The number of nitrogens with zero attached hydrogens (tertiary/aromatic N) is 4. The number of H-pyrrole nitrogens is 1. The number of benzene rings is 2. The van der Waals surface area contributed by atoms with Gasteiger partial charge in [-0.25, -0.2) is 4.68 Å². The van der Waals surface area contributed by atoms with Gasteiger partial charge in [-0.3, -0.25) is 19.4 Å². The average molecular weight is 413 g/mol. The highest BCUT2D eigenvalue weighted by atomic mass is 16.2. The number of rotatable bonds is 3. The first-order chi connectivity index (χ1) is 15.1. The molecular formula is C24H23N5O2. The van der Waals surface area contributed by atoms with Crippen LogP contribution in [0.1, 0.15) is 21.7 Å². The first-order valence-electron chi connectivity index (χ1n) is 10.4. The SMILES string of the molecule is Cn1nc(-c2ccccc2)c2c1CCN(C(=O)c1cc(=O)n(-c3ccccc3)[nH]1)CC2. The number of amides is 1. The highest BCUT2D eigenvalue weighted by molar-refractivity contribution is 5.92. The van der Waals surface area contributed by atoms with Crippen molar-refractivity contribution in [2.45, 2.75) is 12.8 Å². The van der Waals surface area contributed by atoms with Crippen molar-refractivity contribution in [1.82, 2.24) is 24.5 Å². The monoisotopic (exact) mass is 413 g/mol. The molecule has 1 aliphatic rings. The highest BCUT2D eigenvalue weighted by Crippen LogP contribution is 2.28. The fraction of sp³-hybridized carbons (Fsp3) is 0.208. The van der Waals surface area contributed by atoms with E-state index in [1.165, 1.54) is 16.3 Å². The van der Waals surface area contributed by atoms with E-state index in [0.29, 0.717) is 24.5 Å². The smallest absolute Gasteiger partial charge is 0.271 e. The number of carbonyl (C=O) groups is 1. The van der Waals surface area contributed by atoms with Crippen LogP contribution < -0.4 is 5.56 Å². The minimum absolute atomic E-state index is 0.159. The molecule has 0 saturated heterocycles. The van der Waals surface area contributed by atoms with Crippen molar-refractivity contribution in [1.29, 1.82) is 0 Å². The van der Waals surface area contributed by atoms with Crippen LogP contribution in [0.15, 0.2) is 71.5 Å². The van der Waals surface area contributed by atoms with Gasteiger partial charge in [-0.15, -0.1) is 0 Å². The first-order valence-corrected chi connectivity index (χ1v) is 10.4. The van der Waals surface area contributed by atoms with Gasteiger partial charge in [0.15, 0.2) is 0 Å². The van der Waals surface area contributed by atoms with Crippen LogP contribution >= 0.6 is 0 Å². The fourth-order valence-electron chi connectivity index (χ4n) is 4.25. The molecule has 0 unspecified atom stereocenters. The maximum absolute atomic E-state index is 13.2. The Labute approximate surface area is 179 Å². The Morgan fingerprint density at radius 1 is 0.968 bits per heavy atom. The van der Waals surface area contributed by atoms with E-state index in [1.807, 2.05) is 65.2 Å². The van der Waals surface area contributed by atoms with E-state index in [1.54, 1.807) is 0 Å². The van der Waals surface area contributed by atoms with Crippen LogP contribution in [0.5, 0.6) is 0 Å². The number of nitrogens with one attached hydrogen (secondary N) is 1. The Bertz CT molecular complexity index is 1280. The summed E-state index contributed by atoms with van der Waals surface area (Å²) >= 11 is 0. The van der Waals surface area contributed by atoms with Crippen LogP contribution in [0.3, 0.4) is 0 Å². The van der Waals surface area contributed by atoms with Gasteiger partial charge in [0.1, 0.15) is 5.69 Å². The molecule has 3 heterocycles. The van der Waals surface area contributed by atoms with Crippen molar-refractivity contribution >= 4 is 5.91 Å². The van der Waals surface area contributed by atoms with E-state index < -0.39 is 0 Å². The largest absolute Gasteiger partial charge is 0.337 e. The van der Waals surface area contributed by atoms with Crippen molar-refractivity contribution in [3.05, 3.63) is 94.0 Å². The molecule has 2 aromatic carbocycles. The zero-order valence-corrected chi connectivity index (χ0v) is 17.3. The Morgan fingerprint density at radius 2 is 1.65 bits per heavy atom. The van der Waals surface area contributed by atoms with Crippen molar-refractivity contribution in [3.8, 4) is 16.9 Å². The molecule has 0 radical (unpaired) electrons. The van der Waals surface area contributed by atoms with Gasteiger partial charge in [0.2, 0.25) is 0 Å². The number of aryl methyl sites for hydroxylation is 1. The topological polar surface area (TPSA) is 75.9 Å². The molecular weight excluding hydrogens is 390 g/mol. The molecule has 5 rings (SSSR count). The van der Waals surface area contributed by atoms with E-state index in [2.05, 4.69) is 17.2 Å². The minimum Gasteiger partial charge on any atom is -0.337 e. The molecule has 1 aliphatic heterocycles. The third-order valence-electron chi connectivity index (χ3n) is 5.82. The van der Waals surface area contributed by atoms with E-state index >= 15 is 0 Å². The molecule has 0 saturated carbocycles. The minimum atomic E-state index is -0.247. The van der Waals surface area contributed by atoms with Gasteiger partial charge in [0.25, 0.3) is 11.5 Å². The van der Waals surface area contributed by atoms with E-state index in [4.69, 9.17) is 5.10 Å². The van der Waals surface area contributed by atoms with Gasteiger partial charge in [-0.1, -0.05) is 48.5 Å². The third-order valence-corrected chi connectivity index (χ3v) is 5.82. The van der Waals surface area contributed by atoms with Gasteiger partial charge < -0.3 is 4.90 Å². The van der Waals surface area contributed by atoms with E-state index in [9.17, 15) is 9.59 Å². The lowest BCUT2D eigenvalue weighted by Crippen LogP contribution is -2.33. The number of aromatic nitrogens is 4. The number of hydrogen-bond acceptors (Lipinski definition) is 3. The Morgan fingerprint density at radius 3 is 2.39 bits per heavy atom. The summed E-state index contributed by atoms with van der Waals surface area (Å²) in [5, 5.41) is 7.72. The second kappa shape index (κ2) is 7.75. The van der Waals surface area contributed by atoms with Gasteiger partial charge in [-0.05, 0) is 18.6 Å². The van der Waals surface area contributed by atoms with Gasteiger partial charge in [-0.2, -0.15) is 5.10 Å². The molecule has 0 fully saturated rings. The molecule has 0 atom stereocenters. The molecule has 31 heavy (non-hydrogen) atoms. The number of fused-ring (bicyclic) bond motifs is 1. The molecule has 4 aromatic rings. The summed E-state index contributed by atoms with van der Waals surface area (Å²) < 4.78 is 3.33. The van der Waals surface area contributed by atoms with E-state index in [-0.39, 0.29) is 11.5 Å². The summed E-state index contributed by atoms with van der Waals surface area (Å²) in [5.74, 6) is -0.159. The number of hydrogen-bond donors (Lipinski definition) is 1. The molecule has 156 valence electrons. The van der Waals surface area contributed by atoms with Crippen LogP contribution in [0.4, 0.5) is 0 Å². The van der Waals surface area contributed by atoms with Crippen LogP contribution in [-0.4, -0.2) is 43.5 Å². The normalized spacial score (nSPS) is 13.6. The second-order valence-electron chi connectivity index (χ2n) is 7.73. The van der Waals surface area contributed by atoms with Gasteiger partial charge in [0, 0.05) is 49.4 Å². The van der Waals surface area contributed by atoms with Crippen LogP contribution in [-0.2, 0) is 19.9 Å². The molecule has 1 amide bonds. The average Bonchev–Trinajstić information content (AvgIpc) is 3.25. The molecule has 1 N–H and O–H groups in total. The Kier molecular flexibility index (Phi) is 4.78. The lowest BCUT2D eigenvalue weighted by molar-refractivity contribution is 0.0756. The third kappa shape index (κ3) is 3.48. The number of aromatic amines is 1. The zero-order valence-electron chi connectivity index (χ0n) is 17.3. The van der Waals surface area contributed by atoms with Crippen LogP contribution in [0, 0.1) is 0 Å². The zero-order chi connectivity index (χ0) is 21.4. The molecule has 0 aliphatic carbocycles. The summed E-state index contributed by atoms with van der Waals surface area (Å²) in [4.78, 5) is 27.4. The van der Waals surface area contributed by atoms with E-state index in [0.717, 1.165) is 29.8 Å². The number of carbonyl (C=O) groups excluding carboxylic acids is 1. The van der Waals surface area contributed by atoms with Crippen molar-refractivity contribution < 1.29 is 4.79 Å². The standard InChI is InChI=1S/C24H23N5O2/c1-27-21-13-15-28(14-12-19(21)23(26-27)17-8-4-2-5-9-17)24(31)20-16-22(30)29(25-20)18-10-6-3-7-11-18/h2-11,16,25H,12-15H2,1H3. The Hall–Kier alpha value is -3.87. The van der Waals surface area contributed by atoms with Crippen molar-refractivity contribution in [3.63, 3.8) is 0 Å². The van der Waals surface area contributed by atoms with Gasteiger partial charge >= 0.3 is 0 Å². The predicted octanol–water partition coefficient (Wildman–Crippen LogP) is 2.81. The van der Waals surface area contributed by atoms with Crippen molar-refractivity contribution in [2.75, 3.05) is 13.1 Å². The number of para-hydroxylation sites is 1. The molecule has 7 heteroatoms.